The van der Waals surface area contributed by atoms with Gasteiger partial charge >= 0.3 is 0 Å². The predicted octanol–water partition coefficient (Wildman–Crippen LogP) is 4.33. The summed E-state index contributed by atoms with van der Waals surface area (Å²) in [6.45, 7) is 5.09. The van der Waals surface area contributed by atoms with Crippen molar-refractivity contribution in [2.24, 2.45) is 0 Å². The molecule has 1 amide bonds. The summed E-state index contributed by atoms with van der Waals surface area (Å²) in [4.78, 5) is 15.2. The van der Waals surface area contributed by atoms with Gasteiger partial charge in [0.1, 0.15) is 11.3 Å². The van der Waals surface area contributed by atoms with E-state index in [-0.39, 0.29) is 11.8 Å². The number of hydrogen-bond acceptors (Lipinski definition) is 3. The number of carbonyl (C=O) groups excluding carboxylic acids is 1. The highest BCUT2D eigenvalue weighted by molar-refractivity contribution is 5.96. The molecule has 2 aromatic carbocycles. The van der Waals surface area contributed by atoms with Crippen LogP contribution in [0.15, 0.2) is 59.1 Å². The Morgan fingerprint density at radius 3 is 2.65 bits per heavy atom. The van der Waals surface area contributed by atoms with Gasteiger partial charge < -0.3 is 9.42 Å². The zero-order chi connectivity index (χ0) is 18.1. The summed E-state index contributed by atoms with van der Waals surface area (Å²) in [6.07, 6.45) is 0.661. The Labute approximate surface area is 153 Å². The minimum atomic E-state index is 0.0102. The summed E-state index contributed by atoms with van der Waals surface area (Å²) in [7, 11) is 0. The zero-order valence-corrected chi connectivity index (χ0v) is 15.1. The second kappa shape index (κ2) is 6.79. The second-order valence-electron chi connectivity index (χ2n) is 6.77. The minimum absolute atomic E-state index is 0.0102. The highest BCUT2D eigenvalue weighted by atomic mass is 16.5. The van der Waals surface area contributed by atoms with Crippen LogP contribution in [0.2, 0.25) is 0 Å². The van der Waals surface area contributed by atoms with E-state index in [0.29, 0.717) is 36.5 Å². The SMILES string of the molecule is CCc1onc(C)c1C(=O)N1Cc2ccccc2C(c2ccccc2)C1. The average molecular weight is 346 g/mol. The molecule has 26 heavy (non-hydrogen) atoms. The van der Waals surface area contributed by atoms with Crippen molar-refractivity contribution in [2.75, 3.05) is 6.54 Å². The third-order valence-corrected chi connectivity index (χ3v) is 5.15. The first-order valence-electron chi connectivity index (χ1n) is 9.06. The lowest BCUT2D eigenvalue weighted by Crippen LogP contribution is -2.39. The molecule has 2 heterocycles. The van der Waals surface area contributed by atoms with Crippen LogP contribution in [0.4, 0.5) is 0 Å². The number of nitrogens with zero attached hydrogens (tertiary/aromatic N) is 2. The lowest BCUT2D eigenvalue weighted by atomic mass is 9.84. The fourth-order valence-corrected chi connectivity index (χ4v) is 3.82. The molecule has 0 bridgehead atoms. The first kappa shape index (κ1) is 16.6. The van der Waals surface area contributed by atoms with Gasteiger partial charge in [-0.3, -0.25) is 4.79 Å². The Morgan fingerprint density at radius 2 is 1.88 bits per heavy atom. The summed E-state index contributed by atoms with van der Waals surface area (Å²) in [5.74, 6) is 0.856. The molecule has 1 aliphatic rings. The molecule has 0 aliphatic carbocycles. The van der Waals surface area contributed by atoms with Gasteiger partial charge in [-0.25, -0.2) is 0 Å². The number of aromatic nitrogens is 1. The van der Waals surface area contributed by atoms with Crippen LogP contribution < -0.4 is 0 Å². The van der Waals surface area contributed by atoms with E-state index in [9.17, 15) is 4.79 Å². The molecule has 0 spiro atoms. The maximum Gasteiger partial charge on any atom is 0.259 e. The van der Waals surface area contributed by atoms with E-state index < -0.39 is 0 Å². The number of fused-ring (bicyclic) bond motifs is 1. The third kappa shape index (κ3) is 2.81. The largest absolute Gasteiger partial charge is 0.360 e. The monoisotopic (exact) mass is 346 g/mol. The van der Waals surface area contributed by atoms with Crippen molar-refractivity contribution in [3.8, 4) is 0 Å². The van der Waals surface area contributed by atoms with Crippen LogP contribution in [0.5, 0.6) is 0 Å². The lowest BCUT2D eigenvalue weighted by Gasteiger charge is -2.35. The molecule has 0 saturated heterocycles. The maximum absolute atomic E-state index is 13.3. The molecule has 0 N–H and O–H groups in total. The molecule has 4 nitrogen and oxygen atoms in total. The van der Waals surface area contributed by atoms with Crippen LogP contribution in [-0.2, 0) is 13.0 Å². The number of rotatable bonds is 3. The highest BCUT2D eigenvalue weighted by Crippen LogP contribution is 2.34. The fraction of sp³-hybridized carbons (Fsp3) is 0.273. The molecule has 1 aliphatic heterocycles. The number of carbonyl (C=O) groups is 1. The Morgan fingerprint density at radius 1 is 1.15 bits per heavy atom. The first-order valence-corrected chi connectivity index (χ1v) is 9.06. The Balaban J connectivity index is 1.73. The Hall–Kier alpha value is -2.88. The van der Waals surface area contributed by atoms with E-state index in [0.717, 1.165) is 0 Å². The van der Waals surface area contributed by atoms with Crippen molar-refractivity contribution in [3.05, 3.63) is 88.3 Å². The zero-order valence-electron chi connectivity index (χ0n) is 15.1. The van der Waals surface area contributed by atoms with E-state index in [1.54, 1.807) is 0 Å². The molecule has 4 rings (SSSR count). The van der Waals surface area contributed by atoms with Gasteiger partial charge in [-0.1, -0.05) is 66.7 Å². The van der Waals surface area contributed by atoms with Crippen molar-refractivity contribution in [1.29, 1.82) is 0 Å². The number of hydrogen-bond donors (Lipinski definition) is 0. The number of benzene rings is 2. The molecular formula is C22H22N2O2. The summed E-state index contributed by atoms with van der Waals surface area (Å²) >= 11 is 0. The molecule has 4 heteroatoms. The van der Waals surface area contributed by atoms with Crippen molar-refractivity contribution in [2.45, 2.75) is 32.7 Å². The quantitative estimate of drug-likeness (QED) is 0.709. The smallest absolute Gasteiger partial charge is 0.259 e. The summed E-state index contributed by atoms with van der Waals surface area (Å²) in [6, 6.07) is 18.8. The summed E-state index contributed by atoms with van der Waals surface area (Å²) in [5, 5.41) is 4.00. The van der Waals surface area contributed by atoms with Gasteiger partial charge in [0.05, 0.1) is 5.69 Å². The van der Waals surface area contributed by atoms with Crippen LogP contribution in [0.3, 0.4) is 0 Å². The molecule has 0 radical (unpaired) electrons. The van der Waals surface area contributed by atoms with Gasteiger partial charge in [-0.15, -0.1) is 0 Å². The molecule has 1 unspecified atom stereocenters. The Bertz CT molecular complexity index is 930. The molecular weight excluding hydrogens is 324 g/mol. The van der Waals surface area contributed by atoms with E-state index in [1.165, 1.54) is 16.7 Å². The van der Waals surface area contributed by atoms with Crippen LogP contribution in [0, 0.1) is 6.92 Å². The van der Waals surface area contributed by atoms with Gasteiger partial charge in [0.15, 0.2) is 0 Å². The Kier molecular flexibility index (Phi) is 4.33. The van der Waals surface area contributed by atoms with Crippen molar-refractivity contribution < 1.29 is 9.32 Å². The van der Waals surface area contributed by atoms with Crippen molar-refractivity contribution in [1.82, 2.24) is 10.1 Å². The van der Waals surface area contributed by atoms with Gasteiger partial charge in [-0.05, 0) is 23.6 Å². The second-order valence-corrected chi connectivity index (χ2v) is 6.77. The fourth-order valence-electron chi connectivity index (χ4n) is 3.82. The molecule has 1 atom stereocenters. The maximum atomic E-state index is 13.3. The summed E-state index contributed by atoms with van der Waals surface area (Å²) < 4.78 is 5.34. The molecule has 0 saturated carbocycles. The van der Waals surface area contributed by atoms with Gasteiger partial charge in [-0.2, -0.15) is 0 Å². The normalized spacial score (nSPS) is 16.4. The lowest BCUT2D eigenvalue weighted by molar-refractivity contribution is 0.0722. The van der Waals surface area contributed by atoms with Crippen LogP contribution in [0.1, 0.15) is 51.3 Å². The van der Waals surface area contributed by atoms with Crippen molar-refractivity contribution in [3.63, 3.8) is 0 Å². The van der Waals surface area contributed by atoms with Crippen LogP contribution in [0.25, 0.3) is 0 Å². The number of aryl methyl sites for hydroxylation is 2. The van der Waals surface area contributed by atoms with Gasteiger partial charge in [0, 0.05) is 25.4 Å². The first-order chi connectivity index (χ1) is 12.7. The highest BCUT2D eigenvalue weighted by Gasteiger charge is 2.32. The van der Waals surface area contributed by atoms with Crippen molar-refractivity contribution >= 4 is 5.91 Å². The predicted molar refractivity (Wildman–Crippen MR) is 100 cm³/mol. The number of amides is 1. The standard InChI is InChI=1S/C22H22N2O2/c1-3-20-21(15(2)23-26-20)22(25)24-13-17-11-7-8-12-18(17)19(14-24)16-9-5-4-6-10-16/h4-12,19H,3,13-14H2,1-2H3. The molecule has 0 fully saturated rings. The van der Waals surface area contributed by atoms with E-state index in [4.69, 9.17) is 4.52 Å². The average Bonchev–Trinajstić information content (AvgIpc) is 3.07. The summed E-state index contributed by atoms with van der Waals surface area (Å²) in [5.41, 5.74) is 5.03. The molecule has 1 aromatic heterocycles. The topological polar surface area (TPSA) is 46.3 Å². The van der Waals surface area contributed by atoms with Crippen LogP contribution in [-0.4, -0.2) is 22.5 Å². The molecule has 3 aromatic rings. The van der Waals surface area contributed by atoms with Crippen LogP contribution >= 0.6 is 0 Å². The third-order valence-electron chi connectivity index (χ3n) is 5.15. The van der Waals surface area contributed by atoms with E-state index in [1.807, 2.05) is 30.9 Å². The van der Waals surface area contributed by atoms with Gasteiger partial charge in [0.25, 0.3) is 5.91 Å². The van der Waals surface area contributed by atoms with E-state index in [2.05, 4.69) is 47.6 Å². The van der Waals surface area contributed by atoms with E-state index >= 15 is 0 Å². The van der Waals surface area contributed by atoms with Gasteiger partial charge in [0.2, 0.25) is 0 Å². The molecule has 132 valence electrons. The minimum Gasteiger partial charge on any atom is -0.360 e.